The highest BCUT2D eigenvalue weighted by Crippen LogP contribution is 2.23. The molecule has 0 saturated heterocycles. The molecule has 9 heteroatoms. The van der Waals surface area contributed by atoms with Gasteiger partial charge in [-0.25, -0.2) is 4.39 Å². The number of thiazole rings is 1. The van der Waals surface area contributed by atoms with Crippen molar-refractivity contribution in [1.82, 2.24) is 10.3 Å². The van der Waals surface area contributed by atoms with E-state index >= 15 is 0 Å². The normalized spacial score (nSPS) is 10.3. The molecule has 20 heavy (non-hydrogen) atoms. The molecule has 2 rings (SSSR count). The summed E-state index contributed by atoms with van der Waals surface area (Å²) in [6.07, 6.45) is 1.49. The van der Waals surface area contributed by atoms with Gasteiger partial charge in [0.05, 0.1) is 17.0 Å². The summed E-state index contributed by atoms with van der Waals surface area (Å²) >= 11 is 1.25. The van der Waals surface area contributed by atoms with Crippen LogP contribution in [0.15, 0.2) is 23.8 Å². The predicted molar refractivity (Wildman–Crippen MR) is 66.3 cm³/mol. The van der Waals surface area contributed by atoms with Gasteiger partial charge in [-0.2, -0.15) is 4.39 Å². The molecule has 1 amide bonds. The van der Waals surface area contributed by atoms with Crippen LogP contribution in [0.5, 0.6) is 0 Å². The first-order valence-electron chi connectivity index (χ1n) is 5.28. The molecule has 1 aromatic heterocycles. The minimum absolute atomic E-state index is 0.0328. The van der Waals surface area contributed by atoms with Gasteiger partial charge in [-0.1, -0.05) is 0 Å². The van der Waals surface area contributed by atoms with Crippen molar-refractivity contribution in [2.45, 2.75) is 6.54 Å². The lowest BCUT2D eigenvalue weighted by Gasteiger charge is -2.06. The largest absolute Gasteiger partial charge is 0.347 e. The molecule has 1 heterocycles. The summed E-state index contributed by atoms with van der Waals surface area (Å²) in [5, 5.41) is 12.8. The summed E-state index contributed by atoms with van der Waals surface area (Å²) in [7, 11) is 0. The summed E-state index contributed by atoms with van der Waals surface area (Å²) in [5.74, 6) is -3.70. The molecule has 0 unspecified atom stereocenters. The summed E-state index contributed by atoms with van der Waals surface area (Å²) < 4.78 is 27.2. The van der Waals surface area contributed by atoms with Crippen molar-refractivity contribution < 1.29 is 18.5 Å². The maximum Gasteiger partial charge on any atom is 0.305 e. The first-order chi connectivity index (χ1) is 9.50. The van der Waals surface area contributed by atoms with Crippen molar-refractivity contribution in [2.24, 2.45) is 0 Å². The lowest BCUT2D eigenvalue weighted by Crippen LogP contribution is -2.25. The number of carbonyl (C=O) groups is 1. The Morgan fingerprint density at radius 2 is 2.20 bits per heavy atom. The smallest absolute Gasteiger partial charge is 0.305 e. The van der Waals surface area contributed by atoms with Crippen LogP contribution in [0.2, 0.25) is 0 Å². The van der Waals surface area contributed by atoms with E-state index in [1.54, 1.807) is 0 Å². The lowest BCUT2D eigenvalue weighted by atomic mass is 10.1. The zero-order valence-corrected chi connectivity index (χ0v) is 10.6. The lowest BCUT2D eigenvalue weighted by molar-refractivity contribution is -0.387. The summed E-state index contributed by atoms with van der Waals surface area (Å²) in [4.78, 5) is 25.7. The van der Waals surface area contributed by atoms with E-state index in [4.69, 9.17) is 0 Å². The fourth-order valence-electron chi connectivity index (χ4n) is 1.48. The van der Waals surface area contributed by atoms with Crippen LogP contribution in [0, 0.1) is 21.7 Å². The van der Waals surface area contributed by atoms with Gasteiger partial charge in [-0.05, 0) is 6.07 Å². The number of nitrogens with one attached hydrogen (secondary N) is 1. The number of hydrogen-bond donors (Lipinski definition) is 1. The highest BCUT2D eigenvalue weighted by atomic mass is 32.1. The van der Waals surface area contributed by atoms with E-state index < -0.39 is 33.7 Å². The number of aromatic nitrogens is 1. The van der Waals surface area contributed by atoms with Gasteiger partial charge < -0.3 is 5.32 Å². The monoisotopic (exact) mass is 299 g/mol. The maximum atomic E-state index is 13.7. The molecular weight excluding hydrogens is 292 g/mol. The number of amides is 1. The van der Waals surface area contributed by atoms with Crippen LogP contribution in [0.3, 0.4) is 0 Å². The Morgan fingerprint density at radius 1 is 1.45 bits per heavy atom. The Labute approximate surface area is 115 Å². The molecule has 104 valence electrons. The molecule has 0 aliphatic carbocycles. The molecule has 0 fully saturated rings. The minimum atomic E-state index is -1.49. The quantitative estimate of drug-likeness (QED) is 0.693. The summed E-state index contributed by atoms with van der Waals surface area (Å²) in [6, 6.07) is 1.35. The molecule has 1 aromatic carbocycles. The summed E-state index contributed by atoms with van der Waals surface area (Å²) in [5.41, 5.74) is -0.381. The van der Waals surface area contributed by atoms with E-state index in [1.165, 1.54) is 23.0 Å². The van der Waals surface area contributed by atoms with Crippen molar-refractivity contribution in [3.63, 3.8) is 0 Å². The van der Waals surface area contributed by atoms with Crippen LogP contribution in [-0.4, -0.2) is 15.8 Å². The van der Waals surface area contributed by atoms with Crippen LogP contribution < -0.4 is 5.32 Å². The second kappa shape index (κ2) is 5.70. The zero-order chi connectivity index (χ0) is 14.7. The average molecular weight is 299 g/mol. The number of carbonyl (C=O) groups excluding carboxylic acids is 1. The predicted octanol–water partition coefficient (Wildman–Crippen LogP) is 2.26. The van der Waals surface area contributed by atoms with Crippen molar-refractivity contribution in [3.05, 3.63) is 56.0 Å². The fourth-order valence-corrected chi connectivity index (χ4v) is 2.01. The molecule has 0 aliphatic heterocycles. The van der Waals surface area contributed by atoms with Crippen molar-refractivity contribution in [1.29, 1.82) is 0 Å². The minimum Gasteiger partial charge on any atom is -0.347 e. The van der Waals surface area contributed by atoms with Crippen LogP contribution in [0.25, 0.3) is 0 Å². The third-order valence-corrected chi connectivity index (χ3v) is 3.18. The van der Waals surface area contributed by atoms with Crippen LogP contribution >= 0.6 is 11.3 Å². The van der Waals surface area contributed by atoms with Crippen molar-refractivity contribution in [3.8, 4) is 0 Å². The van der Waals surface area contributed by atoms with Gasteiger partial charge in [-0.3, -0.25) is 19.9 Å². The average Bonchev–Trinajstić information content (AvgIpc) is 2.89. The fraction of sp³-hybridized carbons (Fsp3) is 0.0909. The van der Waals surface area contributed by atoms with Crippen LogP contribution in [-0.2, 0) is 6.54 Å². The highest BCUT2D eigenvalue weighted by molar-refractivity contribution is 7.09. The second-order valence-corrected chi connectivity index (χ2v) is 4.63. The summed E-state index contributed by atoms with van der Waals surface area (Å²) in [6.45, 7) is 0.0328. The van der Waals surface area contributed by atoms with Gasteiger partial charge >= 0.3 is 5.69 Å². The van der Waals surface area contributed by atoms with E-state index in [9.17, 15) is 23.7 Å². The molecule has 0 aliphatic rings. The molecular formula is C11H7F2N3O3S. The standard InChI is InChI=1S/C11H7F2N3O3S/c12-7-1-2-8(16(18)19)10(13)9(7)11(17)15-4-6-3-14-5-20-6/h1-3,5H,4H2,(H,15,17). The molecule has 0 bridgehead atoms. The third-order valence-electron chi connectivity index (χ3n) is 2.40. The number of nitrogens with zero attached hydrogens (tertiary/aromatic N) is 2. The van der Waals surface area contributed by atoms with Gasteiger partial charge in [0.2, 0.25) is 5.82 Å². The molecule has 1 N–H and O–H groups in total. The van der Waals surface area contributed by atoms with Crippen molar-refractivity contribution in [2.75, 3.05) is 0 Å². The van der Waals surface area contributed by atoms with E-state index in [0.717, 1.165) is 0 Å². The number of halogens is 2. The zero-order valence-electron chi connectivity index (χ0n) is 9.80. The maximum absolute atomic E-state index is 13.7. The topological polar surface area (TPSA) is 85.1 Å². The Bertz CT molecular complexity index is 661. The first-order valence-corrected chi connectivity index (χ1v) is 6.16. The number of benzene rings is 1. The third kappa shape index (κ3) is 2.77. The van der Waals surface area contributed by atoms with Gasteiger partial charge in [0, 0.05) is 17.1 Å². The van der Waals surface area contributed by atoms with Gasteiger partial charge in [0.25, 0.3) is 5.91 Å². The Kier molecular flexibility index (Phi) is 3.99. The highest BCUT2D eigenvalue weighted by Gasteiger charge is 2.25. The van der Waals surface area contributed by atoms with E-state index in [-0.39, 0.29) is 6.54 Å². The number of hydrogen-bond acceptors (Lipinski definition) is 5. The van der Waals surface area contributed by atoms with Crippen molar-refractivity contribution >= 4 is 22.9 Å². The molecule has 0 saturated carbocycles. The van der Waals surface area contributed by atoms with Gasteiger partial charge in [0.15, 0.2) is 0 Å². The van der Waals surface area contributed by atoms with Crippen LogP contribution in [0.4, 0.5) is 14.5 Å². The van der Waals surface area contributed by atoms with E-state index in [0.29, 0.717) is 17.0 Å². The van der Waals surface area contributed by atoms with Gasteiger partial charge in [0.1, 0.15) is 11.4 Å². The van der Waals surface area contributed by atoms with Gasteiger partial charge in [-0.15, -0.1) is 11.3 Å². The number of nitro groups is 1. The molecule has 0 atom stereocenters. The van der Waals surface area contributed by atoms with Crippen LogP contribution in [0.1, 0.15) is 15.2 Å². The Balaban J connectivity index is 2.25. The Hall–Kier alpha value is -2.42. The van der Waals surface area contributed by atoms with E-state index in [2.05, 4.69) is 10.3 Å². The number of rotatable bonds is 4. The van der Waals surface area contributed by atoms with E-state index in [1.807, 2.05) is 0 Å². The number of nitro benzene ring substituents is 1. The Morgan fingerprint density at radius 3 is 2.80 bits per heavy atom. The second-order valence-electron chi connectivity index (χ2n) is 3.66. The SMILES string of the molecule is O=C(NCc1cncs1)c1c(F)ccc([N+](=O)[O-])c1F. The molecule has 0 radical (unpaired) electrons. The first kappa shape index (κ1) is 14.0. The molecule has 6 nitrogen and oxygen atoms in total. The molecule has 0 spiro atoms. The molecule has 2 aromatic rings.